The zero-order valence-electron chi connectivity index (χ0n) is 17.3. The quantitative estimate of drug-likeness (QED) is 0.433. The molecule has 1 aliphatic carbocycles. The molecule has 1 aliphatic heterocycles. The van der Waals surface area contributed by atoms with Crippen molar-refractivity contribution in [3.8, 4) is 5.75 Å². The second kappa shape index (κ2) is 10.3. The van der Waals surface area contributed by atoms with E-state index in [2.05, 4.69) is 6.92 Å². The monoisotopic (exact) mass is 392 g/mol. The van der Waals surface area contributed by atoms with Gasteiger partial charge in [0.05, 0.1) is 12.9 Å². The van der Waals surface area contributed by atoms with Crippen LogP contribution < -0.4 is 4.74 Å². The lowest BCUT2D eigenvalue weighted by Gasteiger charge is -2.35. The first-order chi connectivity index (χ1) is 13.6. The molecule has 2 nitrogen and oxygen atoms in total. The van der Waals surface area contributed by atoms with Gasteiger partial charge in [-0.25, -0.2) is 4.39 Å². The van der Waals surface area contributed by atoms with E-state index >= 15 is 0 Å². The molecule has 3 rings (SSSR count). The number of hydrogen-bond acceptors (Lipinski definition) is 2. The molecular formula is C24H34F2O2. The molecule has 0 radical (unpaired) electrons. The maximum Gasteiger partial charge on any atom is 0.201 e. The summed E-state index contributed by atoms with van der Waals surface area (Å²) in [6, 6.07) is 3.10. The van der Waals surface area contributed by atoms with Crippen molar-refractivity contribution < 1.29 is 18.3 Å². The first-order valence-electron chi connectivity index (χ1n) is 11.1. The van der Waals surface area contributed by atoms with Crippen LogP contribution in [0.25, 0.3) is 5.57 Å². The first kappa shape index (κ1) is 21.1. The van der Waals surface area contributed by atoms with Crippen LogP contribution in [0.15, 0.2) is 18.4 Å². The van der Waals surface area contributed by atoms with E-state index in [-0.39, 0.29) is 11.9 Å². The highest BCUT2D eigenvalue weighted by Crippen LogP contribution is 2.39. The summed E-state index contributed by atoms with van der Waals surface area (Å²) in [7, 11) is 0. The Balaban J connectivity index is 1.55. The van der Waals surface area contributed by atoms with E-state index in [0.29, 0.717) is 18.1 Å². The van der Waals surface area contributed by atoms with Crippen LogP contribution in [0.2, 0.25) is 0 Å². The molecule has 0 saturated heterocycles. The molecule has 2 aliphatic rings. The lowest BCUT2D eigenvalue weighted by Crippen LogP contribution is -2.29. The zero-order valence-corrected chi connectivity index (χ0v) is 17.3. The number of benzene rings is 1. The van der Waals surface area contributed by atoms with Gasteiger partial charge in [0.1, 0.15) is 6.10 Å². The highest BCUT2D eigenvalue weighted by atomic mass is 19.2. The van der Waals surface area contributed by atoms with Crippen molar-refractivity contribution in [2.75, 3.05) is 6.61 Å². The van der Waals surface area contributed by atoms with Gasteiger partial charge in [-0.3, -0.25) is 0 Å². The van der Waals surface area contributed by atoms with Gasteiger partial charge in [0.25, 0.3) is 0 Å². The van der Waals surface area contributed by atoms with Gasteiger partial charge in [0.15, 0.2) is 11.6 Å². The predicted molar refractivity (Wildman–Crippen MR) is 109 cm³/mol. The lowest BCUT2D eigenvalue weighted by molar-refractivity contribution is 0.0444. The summed E-state index contributed by atoms with van der Waals surface area (Å²) in [5.74, 6) is -0.300. The van der Waals surface area contributed by atoms with Crippen molar-refractivity contribution in [1.29, 1.82) is 0 Å². The molecule has 0 bridgehead atoms. The van der Waals surface area contributed by atoms with Crippen molar-refractivity contribution >= 4 is 5.57 Å². The number of halogens is 2. The van der Waals surface area contributed by atoms with Crippen molar-refractivity contribution in [1.82, 2.24) is 0 Å². The van der Waals surface area contributed by atoms with Gasteiger partial charge >= 0.3 is 0 Å². The molecule has 1 saturated carbocycles. The van der Waals surface area contributed by atoms with E-state index in [4.69, 9.17) is 9.47 Å². The minimum atomic E-state index is -0.913. The Labute approximate surface area is 168 Å². The second-order valence-electron chi connectivity index (χ2n) is 8.31. The van der Waals surface area contributed by atoms with Crippen molar-refractivity contribution in [3.05, 3.63) is 35.6 Å². The van der Waals surface area contributed by atoms with E-state index in [0.717, 1.165) is 24.3 Å². The largest absolute Gasteiger partial charge is 0.497 e. The molecule has 0 spiro atoms. The van der Waals surface area contributed by atoms with Gasteiger partial charge in [-0.1, -0.05) is 45.4 Å². The first-order valence-corrected chi connectivity index (χ1v) is 11.1. The van der Waals surface area contributed by atoms with Gasteiger partial charge < -0.3 is 9.47 Å². The summed E-state index contributed by atoms with van der Waals surface area (Å²) < 4.78 is 39.7. The fraction of sp³-hybridized carbons (Fsp3) is 0.667. The van der Waals surface area contributed by atoms with Crippen molar-refractivity contribution in [3.63, 3.8) is 0 Å². The van der Waals surface area contributed by atoms with E-state index in [1.165, 1.54) is 57.4 Å². The standard InChI is InChI=1S/C24H34F2O2/c1-3-5-6-7-17-8-10-18(11-9-17)21-14-12-19(16-28-21)20-13-15-22(27-4-2)24(26)23(20)25/h13,15-18,21H,3-12,14H2,1-2H3. The molecule has 0 N–H and O–H groups in total. The Kier molecular flexibility index (Phi) is 7.75. The van der Waals surface area contributed by atoms with Gasteiger partial charge in [0, 0.05) is 5.56 Å². The number of unbranched alkanes of at least 4 members (excludes halogenated alkanes) is 2. The van der Waals surface area contributed by atoms with Crippen LogP contribution in [0.3, 0.4) is 0 Å². The topological polar surface area (TPSA) is 18.5 Å². The third kappa shape index (κ3) is 5.07. The van der Waals surface area contributed by atoms with E-state index in [9.17, 15) is 8.78 Å². The number of rotatable bonds is 8. The third-order valence-corrected chi connectivity index (χ3v) is 6.41. The Morgan fingerprint density at radius 1 is 1.00 bits per heavy atom. The molecule has 1 atom stereocenters. The second-order valence-corrected chi connectivity index (χ2v) is 8.31. The molecule has 1 aromatic carbocycles. The fourth-order valence-electron chi connectivity index (χ4n) is 4.72. The average molecular weight is 393 g/mol. The normalized spacial score (nSPS) is 25.1. The van der Waals surface area contributed by atoms with Crippen LogP contribution in [-0.4, -0.2) is 12.7 Å². The Hall–Kier alpha value is -1.58. The van der Waals surface area contributed by atoms with Gasteiger partial charge in [-0.2, -0.15) is 4.39 Å². The molecule has 1 aromatic rings. The van der Waals surface area contributed by atoms with Crippen LogP contribution in [-0.2, 0) is 4.74 Å². The number of ether oxygens (including phenoxy) is 2. The maximum absolute atomic E-state index is 14.4. The summed E-state index contributed by atoms with van der Waals surface area (Å²) in [5.41, 5.74) is 1.03. The fourth-order valence-corrected chi connectivity index (χ4v) is 4.72. The molecule has 4 heteroatoms. The van der Waals surface area contributed by atoms with Crippen LogP contribution >= 0.6 is 0 Å². The molecule has 28 heavy (non-hydrogen) atoms. The number of hydrogen-bond donors (Lipinski definition) is 0. The van der Waals surface area contributed by atoms with Crippen LogP contribution in [0, 0.1) is 23.5 Å². The van der Waals surface area contributed by atoms with Crippen LogP contribution in [0.4, 0.5) is 8.78 Å². The zero-order chi connectivity index (χ0) is 19.9. The van der Waals surface area contributed by atoms with Crippen molar-refractivity contribution in [2.45, 2.75) is 84.2 Å². The van der Waals surface area contributed by atoms with Gasteiger partial charge in [0.2, 0.25) is 5.82 Å². The molecule has 1 unspecified atom stereocenters. The lowest BCUT2D eigenvalue weighted by atomic mass is 9.76. The minimum absolute atomic E-state index is 0.0327. The third-order valence-electron chi connectivity index (χ3n) is 6.41. The SMILES string of the molecule is CCCCCC1CCC(C2CCC(c3ccc(OCC)c(F)c3F)=CO2)CC1. The molecule has 0 aromatic heterocycles. The Bertz CT molecular complexity index is 663. The summed E-state index contributed by atoms with van der Waals surface area (Å²) in [6.45, 7) is 4.32. The number of allylic oxidation sites excluding steroid dienone is 1. The van der Waals surface area contributed by atoms with E-state index in [1.54, 1.807) is 19.3 Å². The summed E-state index contributed by atoms with van der Waals surface area (Å²) in [5, 5.41) is 0. The van der Waals surface area contributed by atoms with Crippen LogP contribution in [0.5, 0.6) is 5.75 Å². The molecular weight excluding hydrogens is 358 g/mol. The molecule has 156 valence electrons. The minimum Gasteiger partial charge on any atom is -0.497 e. The Morgan fingerprint density at radius 3 is 2.43 bits per heavy atom. The van der Waals surface area contributed by atoms with Crippen LogP contribution in [0.1, 0.15) is 83.6 Å². The summed E-state index contributed by atoms with van der Waals surface area (Å²) in [4.78, 5) is 0. The Morgan fingerprint density at radius 2 is 1.79 bits per heavy atom. The average Bonchev–Trinajstić information content (AvgIpc) is 2.73. The van der Waals surface area contributed by atoms with Gasteiger partial charge in [-0.15, -0.1) is 0 Å². The smallest absolute Gasteiger partial charge is 0.201 e. The maximum atomic E-state index is 14.4. The molecule has 0 amide bonds. The van der Waals surface area contributed by atoms with E-state index in [1.807, 2.05) is 0 Å². The molecule has 1 heterocycles. The van der Waals surface area contributed by atoms with Crippen molar-refractivity contribution in [2.24, 2.45) is 11.8 Å². The van der Waals surface area contributed by atoms with E-state index < -0.39 is 11.6 Å². The van der Waals surface area contributed by atoms with Gasteiger partial charge in [-0.05, 0) is 62.1 Å². The molecule has 1 fully saturated rings. The predicted octanol–water partition coefficient (Wildman–Crippen LogP) is 7.27. The summed E-state index contributed by atoms with van der Waals surface area (Å²) in [6.07, 6.45) is 14.0. The highest BCUT2D eigenvalue weighted by Gasteiger charge is 2.30. The summed E-state index contributed by atoms with van der Waals surface area (Å²) >= 11 is 0. The highest BCUT2D eigenvalue weighted by molar-refractivity contribution is 5.66.